The van der Waals surface area contributed by atoms with Gasteiger partial charge in [-0.15, -0.1) is 11.8 Å². The lowest BCUT2D eigenvalue weighted by Crippen LogP contribution is -3.14. The standard InChI is InChI=1S/C21H25N3O3S/c1-14(21(27)22-17-9-7-8-16(12-17)15(2)25)24(3)13-20(26)23-18-10-5-6-11-19(18)28-4/h5-12,14H,13H2,1-4H3,(H,22,27)(H,23,26)/p+1/t14-/m0/s1. The van der Waals surface area contributed by atoms with Crippen LogP contribution < -0.4 is 15.5 Å². The first-order valence-corrected chi connectivity index (χ1v) is 10.2. The highest BCUT2D eigenvalue weighted by molar-refractivity contribution is 7.98. The molecule has 3 N–H and O–H groups in total. The fourth-order valence-corrected chi connectivity index (χ4v) is 3.19. The summed E-state index contributed by atoms with van der Waals surface area (Å²) in [6.07, 6.45) is 1.95. The molecular formula is C21H26N3O3S+. The zero-order valence-electron chi connectivity index (χ0n) is 16.5. The highest BCUT2D eigenvalue weighted by Gasteiger charge is 2.24. The first kappa shape index (κ1) is 21.7. The molecule has 0 fully saturated rings. The number of thioether (sulfide) groups is 1. The Kier molecular flexibility index (Phi) is 7.78. The number of benzene rings is 2. The minimum Gasteiger partial charge on any atom is -0.321 e. The molecule has 2 aromatic carbocycles. The molecule has 2 rings (SSSR count). The van der Waals surface area contributed by atoms with Gasteiger partial charge in [0.25, 0.3) is 11.8 Å². The van der Waals surface area contributed by atoms with Crippen LogP contribution in [0.5, 0.6) is 0 Å². The third-order valence-electron chi connectivity index (χ3n) is 4.49. The molecule has 0 bridgehead atoms. The van der Waals surface area contributed by atoms with Crippen LogP contribution in [0.3, 0.4) is 0 Å². The lowest BCUT2D eigenvalue weighted by atomic mass is 10.1. The molecule has 0 aliphatic carbocycles. The summed E-state index contributed by atoms with van der Waals surface area (Å²) >= 11 is 1.56. The summed E-state index contributed by atoms with van der Waals surface area (Å²) < 4.78 is 0. The van der Waals surface area contributed by atoms with Crippen LogP contribution in [0.2, 0.25) is 0 Å². The van der Waals surface area contributed by atoms with Gasteiger partial charge in [0.05, 0.1) is 12.7 Å². The van der Waals surface area contributed by atoms with Crippen molar-refractivity contribution in [2.45, 2.75) is 24.8 Å². The zero-order chi connectivity index (χ0) is 20.7. The third-order valence-corrected chi connectivity index (χ3v) is 5.29. The van der Waals surface area contributed by atoms with Gasteiger partial charge in [0, 0.05) is 16.1 Å². The number of rotatable bonds is 8. The second-order valence-electron chi connectivity index (χ2n) is 6.62. The molecule has 1 unspecified atom stereocenters. The number of hydrogen-bond acceptors (Lipinski definition) is 4. The number of nitrogens with one attached hydrogen (secondary N) is 3. The van der Waals surface area contributed by atoms with Crippen molar-refractivity contribution < 1.29 is 19.3 Å². The Morgan fingerprint density at radius 3 is 2.46 bits per heavy atom. The average Bonchev–Trinajstić information content (AvgIpc) is 2.67. The van der Waals surface area contributed by atoms with Gasteiger partial charge < -0.3 is 15.5 Å². The Morgan fingerprint density at radius 2 is 1.79 bits per heavy atom. The van der Waals surface area contributed by atoms with E-state index in [2.05, 4.69) is 10.6 Å². The molecule has 0 aromatic heterocycles. The minimum absolute atomic E-state index is 0.0610. The van der Waals surface area contributed by atoms with E-state index in [0.29, 0.717) is 11.3 Å². The molecule has 2 amide bonds. The van der Waals surface area contributed by atoms with Crippen molar-refractivity contribution in [3.63, 3.8) is 0 Å². The molecule has 0 saturated carbocycles. The van der Waals surface area contributed by atoms with Gasteiger partial charge in [-0.25, -0.2) is 0 Å². The molecular weight excluding hydrogens is 374 g/mol. The van der Waals surface area contributed by atoms with Gasteiger partial charge >= 0.3 is 0 Å². The highest BCUT2D eigenvalue weighted by atomic mass is 32.2. The predicted molar refractivity (Wildman–Crippen MR) is 113 cm³/mol. The molecule has 2 aromatic rings. The Balaban J connectivity index is 1.94. The fraction of sp³-hybridized carbons (Fsp3) is 0.286. The number of carbonyl (C=O) groups excluding carboxylic acids is 3. The van der Waals surface area contributed by atoms with E-state index in [4.69, 9.17) is 0 Å². The van der Waals surface area contributed by atoms with E-state index in [9.17, 15) is 14.4 Å². The van der Waals surface area contributed by atoms with Crippen LogP contribution in [0.15, 0.2) is 53.4 Å². The van der Waals surface area contributed by atoms with E-state index in [1.807, 2.05) is 30.5 Å². The summed E-state index contributed by atoms with van der Waals surface area (Å²) in [5.41, 5.74) is 1.87. The van der Waals surface area contributed by atoms with Crippen molar-refractivity contribution in [1.29, 1.82) is 0 Å². The lowest BCUT2D eigenvalue weighted by Gasteiger charge is -2.21. The molecule has 0 spiro atoms. The largest absolute Gasteiger partial charge is 0.321 e. The van der Waals surface area contributed by atoms with Crippen LogP contribution in [-0.2, 0) is 9.59 Å². The van der Waals surface area contributed by atoms with E-state index >= 15 is 0 Å². The van der Waals surface area contributed by atoms with Crippen molar-refractivity contribution in [1.82, 2.24) is 0 Å². The van der Waals surface area contributed by atoms with Gasteiger partial charge in [-0.1, -0.05) is 24.3 Å². The Morgan fingerprint density at radius 1 is 1.07 bits per heavy atom. The first-order chi connectivity index (χ1) is 13.3. The minimum atomic E-state index is -0.442. The number of likely N-dealkylation sites (N-methyl/N-ethyl adjacent to an activating group) is 1. The summed E-state index contributed by atoms with van der Waals surface area (Å²) in [4.78, 5) is 38.1. The predicted octanol–water partition coefficient (Wildman–Crippen LogP) is 2.09. The molecule has 28 heavy (non-hydrogen) atoms. The van der Waals surface area contributed by atoms with Gasteiger partial charge in [-0.2, -0.15) is 0 Å². The number of ketones is 1. The number of carbonyl (C=O) groups is 3. The second kappa shape index (κ2) is 10.1. The van der Waals surface area contributed by atoms with E-state index in [1.54, 1.807) is 50.0 Å². The van der Waals surface area contributed by atoms with Crippen molar-refractivity contribution in [2.75, 3.05) is 30.5 Å². The van der Waals surface area contributed by atoms with Crippen LogP contribution >= 0.6 is 11.8 Å². The van der Waals surface area contributed by atoms with Crippen molar-refractivity contribution in [3.05, 3.63) is 54.1 Å². The monoisotopic (exact) mass is 400 g/mol. The summed E-state index contributed by atoms with van der Waals surface area (Å²) in [6.45, 7) is 3.41. The van der Waals surface area contributed by atoms with Crippen LogP contribution in [0.1, 0.15) is 24.2 Å². The maximum Gasteiger partial charge on any atom is 0.282 e. The SMILES string of the molecule is CSc1ccccc1NC(=O)C[NH+](C)[C@@H](C)C(=O)Nc1cccc(C(C)=O)c1. The lowest BCUT2D eigenvalue weighted by molar-refractivity contribution is -0.885. The normalized spacial score (nSPS) is 12.7. The maximum atomic E-state index is 12.5. The molecule has 6 nitrogen and oxygen atoms in total. The topological polar surface area (TPSA) is 79.7 Å². The van der Waals surface area contributed by atoms with Gasteiger partial charge in [-0.05, 0) is 44.4 Å². The van der Waals surface area contributed by atoms with Crippen LogP contribution in [0.25, 0.3) is 0 Å². The quantitative estimate of drug-likeness (QED) is 0.468. The summed E-state index contributed by atoms with van der Waals surface area (Å²) in [7, 11) is 1.80. The third kappa shape index (κ3) is 5.94. The molecule has 0 aliphatic heterocycles. The van der Waals surface area contributed by atoms with Gasteiger partial charge in [0.1, 0.15) is 0 Å². The molecule has 7 heteroatoms. The fourth-order valence-electron chi connectivity index (χ4n) is 2.64. The van der Waals surface area contributed by atoms with Gasteiger partial charge in [0.2, 0.25) is 0 Å². The highest BCUT2D eigenvalue weighted by Crippen LogP contribution is 2.24. The molecule has 0 heterocycles. The van der Waals surface area contributed by atoms with Crippen LogP contribution in [-0.4, -0.2) is 43.5 Å². The van der Waals surface area contributed by atoms with Gasteiger partial charge in [0.15, 0.2) is 18.4 Å². The zero-order valence-corrected chi connectivity index (χ0v) is 17.4. The number of amides is 2. The van der Waals surface area contributed by atoms with Crippen LogP contribution in [0.4, 0.5) is 11.4 Å². The smallest absolute Gasteiger partial charge is 0.282 e. The summed E-state index contributed by atoms with van der Waals surface area (Å²) in [6, 6.07) is 14.0. The van der Waals surface area contributed by atoms with E-state index in [0.717, 1.165) is 15.5 Å². The first-order valence-electron chi connectivity index (χ1n) is 8.99. The average molecular weight is 401 g/mol. The Bertz CT molecular complexity index is 869. The van der Waals surface area contributed by atoms with Gasteiger partial charge in [-0.3, -0.25) is 14.4 Å². The molecule has 148 valence electrons. The van der Waals surface area contributed by atoms with Crippen molar-refractivity contribution in [3.8, 4) is 0 Å². The number of para-hydroxylation sites is 1. The number of anilines is 2. The van der Waals surface area contributed by atoms with E-state index in [1.165, 1.54) is 6.92 Å². The number of Topliss-reactive ketones (excluding diaryl/α,β-unsaturated/α-hetero) is 1. The summed E-state index contributed by atoms with van der Waals surface area (Å²) in [5, 5.41) is 5.72. The van der Waals surface area contributed by atoms with Crippen molar-refractivity contribution >= 4 is 40.7 Å². The molecule has 0 aliphatic rings. The Hall–Kier alpha value is -2.64. The van der Waals surface area contributed by atoms with E-state index in [-0.39, 0.29) is 24.1 Å². The molecule has 0 saturated heterocycles. The molecule has 0 radical (unpaired) electrons. The Labute approximate surface area is 169 Å². The maximum absolute atomic E-state index is 12.5. The van der Waals surface area contributed by atoms with Crippen molar-refractivity contribution in [2.24, 2.45) is 0 Å². The summed E-state index contributed by atoms with van der Waals surface area (Å²) in [5.74, 6) is -0.429. The van der Waals surface area contributed by atoms with E-state index < -0.39 is 6.04 Å². The number of hydrogen-bond donors (Lipinski definition) is 3. The van der Waals surface area contributed by atoms with Crippen LogP contribution in [0, 0.1) is 0 Å². The second-order valence-corrected chi connectivity index (χ2v) is 7.47. The number of quaternary nitrogens is 1. The molecule has 2 atom stereocenters.